The average molecular weight is 433 g/mol. The molecular formula is C15H24IN5S. The molecule has 0 spiro atoms. The third-order valence-electron chi connectivity index (χ3n) is 3.49. The molecule has 0 amide bonds. The summed E-state index contributed by atoms with van der Waals surface area (Å²) in [6.07, 6.45) is 2.06. The zero-order valence-corrected chi connectivity index (χ0v) is 16.9. The number of aromatic nitrogens is 2. The summed E-state index contributed by atoms with van der Waals surface area (Å²) in [5.41, 5.74) is 2.37. The molecule has 0 aromatic carbocycles. The first-order valence-corrected chi connectivity index (χ1v) is 7.77. The van der Waals surface area contributed by atoms with Crippen molar-refractivity contribution in [3.8, 4) is 0 Å². The van der Waals surface area contributed by atoms with E-state index in [2.05, 4.69) is 57.1 Å². The van der Waals surface area contributed by atoms with Crippen LogP contribution in [0.2, 0.25) is 0 Å². The summed E-state index contributed by atoms with van der Waals surface area (Å²) >= 11 is 1.74. The van der Waals surface area contributed by atoms with E-state index in [0.29, 0.717) is 6.54 Å². The molecule has 0 bridgehead atoms. The fourth-order valence-corrected chi connectivity index (χ4v) is 3.01. The van der Waals surface area contributed by atoms with E-state index in [-0.39, 0.29) is 24.0 Å². The molecule has 0 atom stereocenters. The molecule has 2 aromatic rings. The summed E-state index contributed by atoms with van der Waals surface area (Å²) < 4.78 is 2.12. The normalized spacial score (nSPS) is 11.2. The van der Waals surface area contributed by atoms with E-state index < -0.39 is 0 Å². The van der Waals surface area contributed by atoms with Crippen molar-refractivity contribution in [2.45, 2.75) is 26.9 Å². The fourth-order valence-electron chi connectivity index (χ4n) is 2.13. The molecule has 22 heavy (non-hydrogen) atoms. The Bertz CT molecular complexity index is 612. The van der Waals surface area contributed by atoms with E-state index in [1.165, 1.54) is 10.6 Å². The lowest BCUT2D eigenvalue weighted by molar-refractivity contribution is 0.461. The van der Waals surface area contributed by atoms with Gasteiger partial charge in [-0.25, -0.2) is 4.98 Å². The highest BCUT2D eigenvalue weighted by Crippen LogP contribution is 2.16. The van der Waals surface area contributed by atoms with Gasteiger partial charge in [0.2, 0.25) is 0 Å². The second kappa shape index (κ2) is 8.52. The molecule has 0 unspecified atom stereocenters. The molecule has 5 nitrogen and oxygen atoms in total. The Labute approximate surface area is 153 Å². The van der Waals surface area contributed by atoms with Crippen LogP contribution in [0, 0.1) is 13.8 Å². The highest BCUT2D eigenvalue weighted by atomic mass is 127. The van der Waals surface area contributed by atoms with Crippen LogP contribution in [0.1, 0.15) is 21.3 Å². The van der Waals surface area contributed by atoms with Crippen molar-refractivity contribution in [2.24, 2.45) is 12.0 Å². The third-order valence-corrected chi connectivity index (χ3v) is 4.57. The summed E-state index contributed by atoms with van der Waals surface area (Å²) in [6.45, 7) is 5.68. The van der Waals surface area contributed by atoms with Crippen LogP contribution in [0.15, 0.2) is 23.3 Å². The summed E-state index contributed by atoms with van der Waals surface area (Å²) in [7, 11) is 5.91. The fraction of sp³-hybridized carbons (Fsp3) is 0.467. The topological polar surface area (TPSA) is 45.5 Å². The molecule has 0 aliphatic heterocycles. The van der Waals surface area contributed by atoms with Crippen LogP contribution in [0.25, 0.3) is 0 Å². The number of nitrogens with one attached hydrogen (secondary N) is 1. The highest BCUT2D eigenvalue weighted by Gasteiger charge is 2.10. The number of halogens is 1. The monoisotopic (exact) mass is 433 g/mol. The maximum absolute atomic E-state index is 4.54. The van der Waals surface area contributed by atoms with Gasteiger partial charge in [-0.15, -0.1) is 35.3 Å². The summed E-state index contributed by atoms with van der Waals surface area (Å²) in [4.78, 5) is 12.3. The molecule has 0 aliphatic carbocycles. The van der Waals surface area contributed by atoms with Gasteiger partial charge in [0.1, 0.15) is 5.01 Å². The van der Waals surface area contributed by atoms with Gasteiger partial charge in [-0.2, -0.15) is 0 Å². The number of guanidine groups is 1. The molecule has 0 aliphatic rings. The molecule has 0 saturated heterocycles. The number of aryl methyl sites for hydroxylation is 3. The molecule has 2 rings (SSSR count). The second-order valence-electron chi connectivity index (χ2n) is 5.12. The van der Waals surface area contributed by atoms with Gasteiger partial charge in [0.25, 0.3) is 0 Å². The van der Waals surface area contributed by atoms with Crippen molar-refractivity contribution in [1.82, 2.24) is 19.8 Å². The van der Waals surface area contributed by atoms with Crippen molar-refractivity contribution in [3.05, 3.63) is 39.6 Å². The first-order valence-electron chi connectivity index (χ1n) is 6.96. The van der Waals surface area contributed by atoms with Crippen molar-refractivity contribution < 1.29 is 0 Å². The van der Waals surface area contributed by atoms with E-state index in [9.17, 15) is 0 Å². The second-order valence-corrected chi connectivity index (χ2v) is 6.40. The predicted molar refractivity (Wildman–Crippen MR) is 104 cm³/mol. The first kappa shape index (κ1) is 19.0. The Hall–Kier alpha value is -1.09. The van der Waals surface area contributed by atoms with Crippen LogP contribution in [0.3, 0.4) is 0 Å². The number of rotatable bonds is 4. The highest BCUT2D eigenvalue weighted by molar-refractivity contribution is 14.0. The van der Waals surface area contributed by atoms with Crippen LogP contribution in [0.5, 0.6) is 0 Å². The molecule has 0 saturated carbocycles. The molecule has 2 aromatic heterocycles. The van der Waals surface area contributed by atoms with E-state index in [1.54, 1.807) is 11.3 Å². The SMILES string of the molecule is CN=C(NCc1nc(C)c(C)s1)N(C)Cc1cccn1C.I. The molecule has 0 radical (unpaired) electrons. The van der Waals surface area contributed by atoms with E-state index in [1.807, 2.05) is 21.0 Å². The number of hydrogen-bond donors (Lipinski definition) is 1. The van der Waals surface area contributed by atoms with Gasteiger partial charge in [0.15, 0.2) is 5.96 Å². The third kappa shape index (κ3) is 4.70. The average Bonchev–Trinajstić information content (AvgIpc) is 2.98. The van der Waals surface area contributed by atoms with Crippen LogP contribution in [-0.4, -0.2) is 34.5 Å². The number of aliphatic imine (C=N–C) groups is 1. The molecule has 0 fully saturated rings. The smallest absolute Gasteiger partial charge is 0.194 e. The Morgan fingerprint density at radius 1 is 1.45 bits per heavy atom. The molecule has 2 heterocycles. The maximum Gasteiger partial charge on any atom is 0.194 e. The minimum absolute atomic E-state index is 0. The van der Waals surface area contributed by atoms with Crippen molar-refractivity contribution >= 4 is 41.3 Å². The van der Waals surface area contributed by atoms with E-state index >= 15 is 0 Å². The van der Waals surface area contributed by atoms with Crippen molar-refractivity contribution in [3.63, 3.8) is 0 Å². The van der Waals surface area contributed by atoms with Gasteiger partial charge in [-0.05, 0) is 26.0 Å². The van der Waals surface area contributed by atoms with Crippen molar-refractivity contribution in [1.29, 1.82) is 0 Å². The largest absolute Gasteiger partial charge is 0.353 e. The van der Waals surface area contributed by atoms with Gasteiger partial charge in [-0.1, -0.05) is 0 Å². The standard InChI is InChI=1S/C15H23N5S.HI/c1-11-12(2)21-14(18-11)9-17-15(16-3)20(5)10-13-7-6-8-19(13)4;/h6-8H,9-10H2,1-5H3,(H,16,17);1H. The van der Waals surface area contributed by atoms with Crippen LogP contribution >= 0.6 is 35.3 Å². The van der Waals surface area contributed by atoms with Crippen LogP contribution in [0.4, 0.5) is 0 Å². The summed E-state index contributed by atoms with van der Waals surface area (Å²) in [5.74, 6) is 0.877. The van der Waals surface area contributed by atoms with Gasteiger partial charge >= 0.3 is 0 Å². The van der Waals surface area contributed by atoms with Crippen LogP contribution in [-0.2, 0) is 20.1 Å². The van der Waals surface area contributed by atoms with Crippen LogP contribution < -0.4 is 5.32 Å². The Balaban J connectivity index is 0.00000242. The van der Waals surface area contributed by atoms with Crippen molar-refractivity contribution in [2.75, 3.05) is 14.1 Å². The Morgan fingerprint density at radius 2 is 2.18 bits per heavy atom. The molecular weight excluding hydrogens is 409 g/mol. The summed E-state index contributed by atoms with van der Waals surface area (Å²) in [6, 6.07) is 4.18. The molecule has 1 N–H and O–H groups in total. The minimum Gasteiger partial charge on any atom is -0.353 e. The maximum atomic E-state index is 4.54. The Kier molecular flexibility index (Phi) is 7.34. The molecule has 7 heteroatoms. The van der Waals surface area contributed by atoms with E-state index in [4.69, 9.17) is 0 Å². The van der Waals surface area contributed by atoms with Gasteiger partial charge in [-0.3, -0.25) is 4.99 Å². The minimum atomic E-state index is 0. The van der Waals surface area contributed by atoms with Gasteiger partial charge < -0.3 is 14.8 Å². The number of hydrogen-bond acceptors (Lipinski definition) is 3. The van der Waals surface area contributed by atoms with Gasteiger partial charge in [0, 0.05) is 37.9 Å². The summed E-state index contributed by atoms with van der Waals surface area (Å²) in [5, 5.41) is 4.47. The lowest BCUT2D eigenvalue weighted by atomic mass is 10.4. The zero-order valence-electron chi connectivity index (χ0n) is 13.8. The quantitative estimate of drug-likeness (QED) is 0.458. The lowest BCUT2D eigenvalue weighted by Crippen LogP contribution is -2.38. The Morgan fingerprint density at radius 3 is 2.68 bits per heavy atom. The zero-order chi connectivity index (χ0) is 15.4. The number of thiazole rings is 1. The van der Waals surface area contributed by atoms with E-state index in [0.717, 1.165) is 23.2 Å². The van der Waals surface area contributed by atoms with Gasteiger partial charge in [0.05, 0.1) is 18.8 Å². The number of nitrogens with zero attached hydrogens (tertiary/aromatic N) is 4. The first-order chi connectivity index (χ1) is 10.0. The molecule has 122 valence electrons. The predicted octanol–water partition coefficient (Wildman–Crippen LogP) is 2.92. The lowest BCUT2D eigenvalue weighted by Gasteiger charge is -2.22.